The lowest BCUT2D eigenvalue weighted by Gasteiger charge is -2.14. The predicted molar refractivity (Wildman–Crippen MR) is 223 cm³/mol. The molecule has 0 radical (unpaired) electrons. The zero-order chi connectivity index (χ0) is 35.6. The highest BCUT2D eigenvalue weighted by Crippen LogP contribution is 2.51. The number of hydrogen-bond acceptors (Lipinski definition) is 3. The largest absolute Gasteiger partial charge is 0.455 e. The molecule has 250 valence electrons. The maximum Gasteiger partial charge on any atom is 0.147 e. The third-order valence-corrected chi connectivity index (χ3v) is 9.46. The second-order valence-electron chi connectivity index (χ2n) is 12.7. The molecule has 0 saturated carbocycles. The number of rotatable bonds is 10. The highest BCUT2D eigenvalue weighted by atomic mass is 16.3. The topological polar surface area (TPSA) is 38.3 Å². The van der Waals surface area contributed by atoms with E-state index >= 15 is 0 Å². The average Bonchev–Trinajstić information content (AvgIpc) is 3.75. The molecule has 0 bridgehead atoms. The van der Waals surface area contributed by atoms with Gasteiger partial charge in [0.1, 0.15) is 22.3 Å². The molecule has 0 fully saturated rings. The van der Waals surface area contributed by atoms with Gasteiger partial charge in [-0.1, -0.05) is 147 Å². The fraction of sp³-hybridized carbons (Fsp3) is 0.0204. The fourth-order valence-corrected chi connectivity index (χ4v) is 7.10. The van der Waals surface area contributed by atoms with Crippen molar-refractivity contribution in [2.24, 2.45) is 0 Å². The molecule has 3 heteroatoms. The van der Waals surface area contributed by atoms with Crippen molar-refractivity contribution in [3.63, 3.8) is 0 Å². The number of furan rings is 2. The number of benzene rings is 6. The summed E-state index contributed by atoms with van der Waals surface area (Å²) in [6.07, 6.45) is 13.7. The summed E-state index contributed by atoms with van der Waals surface area (Å²) in [5.41, 5.74) is 13.2. The van der Waals surface area contributed by atoms with Crippen LogP contribution in [0, 0.1) is 0 Å². The van der Waals surface area contributed by atoms with Crippen LogP contribution in [0.2, 0.25) is 0 Å². The van der Waals surface area contributed by atoms with E-state index in [0.717, 1.165) is 99.8 Å². The van der Waals surface area contributed by atoms with Crippen molar-refractivity contribution in [2.45, 2.75) is 6.92 Å². The molecular formula is C49H37NO2. The highest BCUT2D eigenvalue weighted by molar-refractivity contribution is 6.31. The predicted octanol–water partition coefficient (Wildman–Crippen LogP) is 14.5. The molecule has 6 aromatic carbocycles. The number of para-hydroxylation sites is 1. The second-order valence-corrected chi connectivity index (χ2v) is 12.7. The number of fused-ring (bicyclic) bond motifs is 7. The number of nitrogens with one attached hydrogen (secondary N) is 1. The van der Waals surface area contributed by atoms with Crippen molar-refractivity contribution in [3.05, 3.63) is 195 Å². The Morgan fingerprint density at radius 3 is 2.02 bits per heavy atom. The summed E-state index contributed by atoms with van der Waals surface area (Å²) in [7, 11) is 0. The molecule has 3 nitrogen and oxygen atoms in total. The minimum Gasteiger partial charge on any atom is -0.455 e. The Morgan fingerprint density at radius 2 is 1.31 bits per heavy atom. The van der Waals surface area contributed by atoms with Crippen molar-refractivity contribution in [1.29, 1.82) is 0 Å². The Bertz CT molecular complexity index is 2750. The van der Waals surface area contributed by atoms with Gasteiger partial charge < -0.3 is 14.2 Å². The van der Waals surface area contributed by atoms with Gasteiger partial charge in [-0.2, -0.15) is 0 Å². The highest BCUT2D eigenvalue weighted by Gasteiger charge is 2.27. The van der Waals surface area contributed by atoms with E-state index in [2.05, 4.69) is 116 Å². The Balaban J connectivity index is 1.45. The van der Waals surface area contributed by atoms with Gasteiger partial charge in [-0.3, -0.25) is 0 Å². The number of hydrogen-bond donors (Lipinski definition) is 1. The quantitative estimate of drug-likeness (QED) is 0.147. The molecule has 0 aliphatic rings. The van der Waals surface area contributed by atoms with Crippen LogP contribution in [0.5, 0.6) is 0 Å². The summed E-state index contributed by atoms with van der Waals surface area (Å²) in [6.45, 7) is 14.3. The number of anilines is 2. The van der Waals surface area contributed by atoms with Crippen LogP contribution in [0.4, 0.5) is 11.4 Å². The van der Waals surface area contributed by atoms with Crippen LogP contribution in [0.25, 0.3) is 77.3 Å². The zero-order valence-electron chi connectivity index (χ0n) is 29.0. The Kier molecular flexibility index (Phi) is 8.60. The summed E-state index contributed by atoms with van der Waals surface area (Å²) in [5, 5.41) is 7.65. The van der Waals surface area contributed by atoms with Crippen LogP contribution in [0.15, 0.2) is 192 Å². The van der Waals surface area contributed by atoms with Crippen LogP contribution < -0.4 is 5.32 Å². The Morgan fingerprint density at radius 1 is 0.654 bits per heavy atom. The van der Waals surface area contributed by atoms with Crippen molar-refractivity contribution >= 4 is 66.4 Å². The van der Waals surface area contributed by atoms with Gasteiger partial charge in [0.15, 0.2) is 0 Å². The van der Waals surface area contributed by atoms with Crippen LogP contribution >= 0.6 is 0 Å². The van der Waals surface area contributed by atoms with Gasteiger partial charge in [0.05, 0.1) is 5.39 Å². The minimum absolute atomic E-state index is 0.785. The van der Waals surface area contributed by atoms with Crippen molar-refractivity contribution in [3.8, 4) is 22.3 Å². The molecule has 0 saturated heterocycles. The first-order chi connectivity index (χ1) is 25.6. The molecule has 0 atom stereocenters. The second kappa shape index (κ2) is 13.8. The molecule has 0 spiro atoms. The maximum absolute atomic E-state index is 6.91. The van der Waals surface area contributed by atoms with Crippen molar-refractivity contribution in [1.82, 2.24) is 0 Å². The third-order valence-electron chi connectivity index (χ3n) is 9.46. The van der Waals surface area contributed by atoms with Crippen molar-refractivity contribution < 1.29 is 8.83 Å². The standard InChI is InChI=1S/C49H37NO2/c1-5-8-11-19-32(4)38-24-16-17-25-41(38)50-37-27-29-43-40(31-37)46-44(34-20-12-9-13-21-34)45(35-22-14-10-15-23-35)48-47(49(46)52-43)39-30-36(26-28-42(39)51-48)33(7-3)18-6-2/h5-31,50H,2-4H2,1H3/b8-5-,19-11-,33-18+. The van der Waals surface area contributed by atoms with Crippen LogP contribution in [0.3, 0.4) is 0 Å². The maximum atomic E-state index is 6.91. The minimum atomic E-state index is 0.785. The summed E-state index contributed by atoms with van der Waals surface area (Å²) in [4.78, 5) is 0. The normalized spacial score (nSPS) is 12.1. The Hall–Kier alpha value is -6.84. The number of allylic oxidation sites excluding steroid dienone is 9. The molecule has 52 heavy (non-hydrogen) atoms. The van der Waals surface area contributed by atoms with Crippen LogP contribution in [-0.4, -0.2) is 0 Å². The lowest BCUT2D eigenvalue weighted by molar-refractivity contribution is 0.663. The van der Waals surface area contributed by atoms with E-state index < -0.39 is 0 Å². The van der Waals surface area contributed by atoms with E-state index in [1.165, 1.54) is 0 Å². The summed E-state index contributed by atoms with van der Waals surface area (Å²) in [6, 6.07) is 41.9. The molecule has 2 heterocycles. The SMILES string of the molecule is C=C/C=C(\C=C)c1ccc2oc3c(-c4ccccc4)c(-c4ccccc4)c4c5cc(Nc6ccccc6C(=C)/C=C\C=C/C)ccc5oc4c3c2c1. The smallest absolute Gasteiger partial charge is 0.147 e. The van der Waals surface area contributed by atoms with E-state index in [1.54, 1.807) is 6.08 Å². The van der Waals surface area contributed by atoms with Gasteiger partial charge in [-0.15, -0.1) is 0 Å². The molecule has 0 aliphatic heterocycles. The third kappa shape index (κ3) is 5.69. The summed E-state index contributed by atoms with van der Waals surface area (Å²) in [5.74, 6) is 0. The molecule has 0 unspecified atom stereocenters. The van der Waals surface area contributed by atoms with Gasteiger partial charge in [-0.05, 0) is 71.2 Å². The average molecular weight is 672 g/mol. The monoisotopic (exact) mass is 671 g/mol. The van der Waals surface area contributed by atoms with Gasteiger partial charge in [0.25, 0.3) is 0 Å². The first-order valence-corrected chi connectivity index (χ1v) is 17.4. The molecule has 0 aliphatic carbocycles. The van der Waals surface area contributed by atoms with Crippen LogP contribution in [0.1, 0.15) is 18.1 Å². The zero-order valence-corrected chi connectivity index (χ0v) is 29.0. The van der Waals surface area contributed by atoms with Gasteiger partial charge in [0.2, 0.25) is 0 Å². The lowest BCUT2D eigenvalue weighted by atomic mass is 9.88. The Labute approximate surface area is 303 Å². The molecule has 1 N–H and O–H groups in total. The lowest BCUT2D eigenvalue weighted by Crippen LogP contribution is -1.94. The first kappa shape index (κ1) is 32.4. The van der Waals surface area contributed by atoms with Crippen molar-refractivity contribution in [2.75, 3.05) is 5.32 Å². The fourth-order valence-electron chi connectivity index (χ4n) is 7.10. The van der Waals surface area contributed by atoms with E-state index in [0.29, 0.717) is 0 Å². The summed E-state index contributed by atoms with van der Waals surface area (Å²) >= 11 is 0. The molecule has 0 amide bonds. The molecule has 8 aromatic rings. The van der Waals surface area contributed by atoms with E-state index in [4.69, 9.17) is 8.83 Å². The van der Waals surface area contributed by atoms with Gasteiger partial charge in [0, 0.05) is 44.2 Å². The van der Waals surface area contributed by atoms with E-state index in [9.17, 15) is 0 Å². The van der Waals surface area contributed by atoms with Crippen LogP contribution in [-0.2, 0) is 0 Å². The molecule has 2 aromatic heterocycles. The summed E-state index contributed by atoms with van der Waals surface area (Å²) < 4.78 is 13.8. The molecular weight excluding hydrogens is 635 g/mol. The first-order valence-electron chi connectivity index (χ1n) is 17.4. The van der Waals surface area contributed by atoms with E-state index in [-0.39, 0.29) is 0 Å². The van der Waals surface area contributed by atoms with Gasteiger partial charge in [-0.25, -0.2) is 0 Å². The van der Waals surface area contributed by atoms with Gasteiger partial charge >= 0.3 is 0 Å². The van der Waals surface area contributed by atoms with E-state index in [1.807, 2.05) is 73.7 Å². The molecule has 8 rings (SSSR count).